The summed E-state index contributed by atoms with van der Waals surface area (Å²) < 4.78 is 0.529. The summed E-state index contributed by atoms with van der Waals surface area (Å²) >= 11 is 4.79. The SMILES string of the molecule is CS[C@H](CO)[C@@H](C)Nc1ncc([N+](=O)[O-])cc1Br. The number of hydrogen-bond donors (Lipinski definition) is 2. The number of nitrogens with zero attached hydrogens (tertiary/aromatic N) is 2. The summed E-state index contributed by atoms with van der Waals surface area (Å²) in [5.41, 5.74) is -0.0661. The zero-order valence-electron chi connectivity index (χ0n) is 9.96. The molecule has 0 unspecified atom stereocenters. The fraction of sp³-hybridized carbons (Fsp3) is 0.500. The number of pyridine rings is 1. The van der Waals surface area contributed by atoms with Gasteiger partial charge in [0.2, 0.25) is 0 Å². The Hall–Kier alpha value is -0.860. The number of aliphatic hydroxyl groups is 1. The highest BCUT2D eigenvalue weighted by molar-refractivity contribution is 9.10. The number of anilines is 1. The summed E-state index contributed by atoms with van der Waals surface area (Å²) in [6.45, 7) is 1.98. The lowest BCUT2D eigenvalue weighted by molar-refractivity contribution is -0.385. The van der Waals surface area contributed by atoms with Gasteiger partial charge >= 0.3 is 0 Å². The Morgan fingerprint density at radius 1 is 1.72 bits per heavy atom. The number of nitro groups is 1. The second-order valence-corrected chi connectivity index (χ2v) is 5.60. The van der Waals surface area contributed by atoms with E-state index in [2.05, 4.69) is 26.2 Å². The average molecular weight is 336 g/mol. The van der Waals surface area contributed by atoms with Crippen LogP contribution in [0.3, 0.4) is 0 Å². The normalized spacial score (nSPS) is 14.0. The van der Waals surface area contributed by atoms with E-state index in [9.17, 15) is 15.2 Å². The van der Waals surface area contributed by atoms with Crippen molar-refractivity contribution in [3.63, 3.8) is 0 Å². The highest BCUT2D eigenvalue weighted by Crippen LogP contribution is 2.26. The van der Waals surface area contributed by atoms with Crippen LogP contribution in [0.1, 0.15) is 6.92 Å². The third-order valence-corrected chi connectivity index (χ3v) is 4.21. The van der Waals surface area contributed by atoms with E-state index in [1.54, 1.807) is 11.8 Å². The lowest BCUT2D eigenvalue weighted by atomic mass is 10.2. The molecule has 1 heterocycles. The van der Waals surface area contributed by atoms with Crippen LogP contribution in [0.2, 0.25) is 0 Å². The summed E-state index contributed by atoms with van der Waals surface area (Å²) in [5.74, 6) is 0.528. The monoisotopic (exact) mass is 335 g/mol. The predicted molar refractivity (Wildman–Crippen MR) is 76.1 cm³/mol. The standard InChI is InChI=1S/C10H14BrN3O3S/c1-6(9(5-15)18-2)13-10-8(11)3-7(4-12-10)14(16)17/h3-4,6,9,15H,5H2,1-2H3,(H,12,13)/t6-,9-/m1/s1. The van der Waals surface area contributed by atoms with Crippen molar-refractivity contribution in [3.05, 3.63) is 26.9 Å². The highest BCUT2D eigenvalue weighted by Gasteiger charge is 2.17. The number of halogens is 1. The first-order chi connectivity index (χ1) is 8.49. The summed E-state index contributed by atoms with van der Waals surface area (Å²) in [5, 5.41) is 22.9. The molecule has 0 aliphatic rings. The van der Waals surface area contributed by atoms with Crippen molar-refractivity contribution in [1.29, 1.82) is 0 Å². The van der Waals surface area contributed by atoms with Crippen molar-refractivity contribution in [3.8, 4) is 0 Å². The molecule has 0 amide bonds. The molecule has 0 radical (unpaired) electrons. The molecule has 0 aromatic carbocycles. The number of aromatic nitrogens is 1. The topological polar surface area (TPSA) is 88.3 Å². The molecule has 100 valence electrons. The number of thioether (sulfide) groups is 1. The van der Waals surface area contributed by atoms with Crippen LogP contribution in [0, 0.1) is 10.1 Å². The summed E-state index contributed by atoms with van der Waals surface area (Å²) in [6.07, 6.45) is 3.12. The maximum absolute atomic E-state index is 10.6. The Balaban J connectivity index is 2.82. The molecule has 1 aromatic rings. The first-order valence-electron chi connectivity index (χ1n) is 5.19. The van der Waals surface area contributed by atoms with E-state index in [1.807, 2.05) is 13.2 Å². The Labute approximate surface area is 117 Å². The molecule has 1 aromatic heterocycles. The smallest absolute Gasteiger partial charge is 0.288 e. The molecule has 0 saturated heterocycles. The van der Waals surface area contributed by atoms with Crippen LogP contribution < -0.4 is 5.32 Å². The van der Waals surface area contributed by atoms with Gasteiger partial charge in [0.25, 0.3) is 5.69 Å². The molecule has 6 nitrogen and oxygen atoms in total. The second-order valence-electron chi connectivity index (χ2n) is 3.67. The van der Waals surface area contributed by atoms with E-state index in [0.29, 0.717) is 10.3 Å². The molecule has 0 aliphatic heterocycles. The Morgan fingerprint density at radius 2 is 2.39 bits per heavy atom. The van der Waals surface area contributed by atoms with Gasteiger partial charge < -0.3 is 10.4 Å². The molecule has 2 atom stereocenters. The summed E-state index contributed by atoms with van der Waals surface area (Å²) in [6, 6.07) is 1.39. The third-order valence-electron chi connectivity index (χ3n) is 2.44. The lowest BCUT2D eigenvalue weighted by Gasteiger charge is -2.22. The number of aliphatic hydroxyl groups excluding tert-OH is 1. The van der Waals surface area contributed by atoms with Gasteiger partial charge in [-0.2, -0.15) is 11.8 Å². The maximum Gasteiger partial charge on any atom is 0.288 e. The lowest BCUT2D eigenvalue weighted by Crippen LogP contribution is -2.31. The van der Waals surface area contributed by atoms with E-state index in [4.69, 9.17) is 0 Å². The van der Waals surface area contributed by atoms with Crippen molar-refractivity contribution in [2.45, 2.75) is 18.2 Å². The van der Waals surface area contributed by atoms with Crippen LogP contribution in [0.4, 0.5) is 11.5 Å². The molecule has 0 fully saturated rings. The maximum atomic E-state index is 10.6. The van der Waals surface area contributed by atoms with Crippen molar-refractivity contribution in [2.75, 3.05) is 18.2 Å². The fourth-order valence-corrected chi connectivity index (χ4v) is 2.46. The summed E-state index contributed by atoms with van der Waals surface area (Å²) in [4.78, 5) is 14.1. The van der Waals surface area contributed by atoms with E-state index in [1.165, 1.54) is 12.3 Å². The van der Waals surface area contributed by atoms with Crippen molar-refractivity contribution >= 4 is 39.2 Å². The van der Waals surface area contributed by atoms with Crippen molar-refractivity contribution < 1.29 is 10.0 Å². The predicted octanol–water partition coefficient (Wildman–Crippen LogP) is 2.28. The largest absolute Gasteiger partial charge is 0.395 e. The summed E-state index contributed by atoms with van der Waals surface area (Å²) in [7, 11) is 0. The molecule has 0 bridgehead atoms. The van der Waals surface area contributed by atoms with Gasteiger partial charge in [0.1, 0.15) is 12.0 Å². The fourth-order valence-electron chi connectivity index (χ4n) is 1.38. The molecule has 0 aliphatic carbocycles. The Morgan fingerprint density at radius 3 is 2.83 bits per heavy atom. The molecule has 18 heavy (non-hydrogen) atoms. The van der Waals surface area contributed by atoms with E-state index >= 15 is 0 Å². The van der Waals surface area contributed by atoms with Gasteiger partial charge in [-0.15, -0.1) is 0 Å². The first kappa shape index (κ1) is 15.2. The zero-order chi connectivity index (χ0) is 13.7. The molecular weight excluding hydrogens is 322 g/mol. The van der Waals surface area contributed by atoms with Crippen LogP contribution in [-0.2, 0) is 0 Å². The van der Waals surface area contributed by atoms with Gasteiger partial charge in [-0.25, -0.2) is 4.98 Å². The van der Waals surface area contributed by atoms with E-state index in [-0.39, 0.29) is 23.6 Å². The zero-order valence-corrected chi connectivity index (χ0v) is 12.4. The third kappa shape index (κ3) is 3.82. The average Bonchev–Trinajstić information content (AvgIpc) is 2.33. The number of hydrogen-bond acceptors (Lipinski definition) is 6. The van der Waals surface area contributed by atoms with Gasteiger partial charge in [0.15, 0.2) is 0 Å². The minimum atomic E-state index is -0.497. The van der Waals surface area contributed by atoms with Gasteiger partial charge in [-0.3, -0.25) is 10.1 Å². The molecule has 2 N–H and O–H groups in total. The number of nitrogens with one attached hydrogen (secondary N) is 1. The quantitative estimate of drug-likeness (QED) is 0.612. The van der Waals surface area contributed by atoms with Gasteiger partial charge in [0, 0.05) is 17.4 Å². The molecule has 0 saturated carbocycles. The van der Waals surface area contributed by atoms with E-state index < -0.39 is 4.92 Å². The first-order valence-corrected chi connectivity index (χ1v) is 7.27. The van der Waals surface area contributed by atoms with Crippen LogP contribution >= 0.6 is 27.7 Å². The minimum absolute atomic E-state index is 0.00439. The highest BCUT2D eigenvalue weighted by atomic mass is 79.9. The van der Waals surface area contributed by atoms with Gasteiger partial charge in [-0.1, -0.05) is 0 Å². The molecule has 1 rings (SSSR count). The van der Waals surface area contributed by atoms with Crippen LogP contribution in [0.5, 0.6) is 0 Å². The second kappa shape index (κ2) is 6.91. The van der Waals surface area contributed by atoms with Crippen LogP contribution in [-0.4, -0.2) is 39.2 Å². The van der Waals surface area contributed by atoms with Crippen LogP contribution in [0.15, 0.2) is 16.7 Å². The molecule has 8 heteroatoms. The van der Waals surface area contributed by atoms with Crippen LogP contribution in [0.25, 0.3) is 0 Å². The number of rotatable bonds is 6. The van der Waals surface area contributed by atoms with E-state index in [0.717, 1.165) is 0 Å². The molecular formula is C10H14BrN3O3S. The van der Waals surface area contributed by atoms with Gasteiger partial charge in [0.05, 0.1) is 16.0 Å². The van der Waals surface area contributed by atoms with Gasteiger partial charge in [-0.05, 0) is 29.1 Å². The van der Waals surface area contributed by atoms with Crippen molar-refractivity contribution in [1.82, 2.24) is 4.98 Å². The Bertz CT molecular complexity index is 429. The molecule has 0 spiro atoms. The Kier molecular flexibility index (Phi) is 5.83. The van der Waals surface area contributed by atoms with Crippen molar-refractivity contribution in [2.24, 2.45) is 0 Å². The minimum Gasteiger partial charge on any atom is -0.395 e.